The molecule has 0 radical (unpaired) electrons. The van der Waals surface area contributed by atoms with Gasteiger partial charge in [0.15, 0.2) is 0 Å². The SMILES string of the molecule is OC(c1ccc(Cl)c(Cl)c1)C1CC=CCC1. The van der Waals surface area contributed by atoms with E-state index in [-0.39, 0.29) is 0 Å². The number of halogens is 2. The van der Waals surface area contributed by atoms with Crippen molar-refractivity contribution in [2.24, 2.45) is 5.92 Å². The minimum Gasteiger partial charge on any atom is -0.388 e. The maximum absolute atomic E-state index is 10.2. The fourth-order valence-corrected chi connectivity index (χ4v) is 2.38. The van der Waals surface area contributed by atoms with Crippen LogP contribution in [0.1, 0.15) is 30.9 Å². The Labute approximate surface area is 106 Å². The molecular weight excluding hydrogens is 243 g/mol. The Morgan fingerprint density at radius 3 is 2.62 bits per heavy atom. The molecule has 3 heteroatoms. The summed E-state index contributed by atoms with van der Waals surface area (Å²) >= 11 is 11.8. The van der Waals surface area contributed by atoms with Gasteiger partial charge in [0.2, 0.25) is 0 Å². The van der Waals surface area contributed by atoms with E-state index < -0.39 is 6.10 Å². The largest absolute Gasteiger partial charge is 0.388 e. The summed E-state index contributed by atoms with van der Waals surface area (Å²) in [5.74, 6) is 0.294. The van der Waals surface area contributed by atoms with Crippen LogP contribution >= 0.6 is 23.2 Å². The van der Waals surface area contributed by atoms with Gasteiger partial charge in [-0.2, -0.15) is 0 Å². The number of allylic oxidation sites excluding steroid dienone is 2. The van der Waals surface area contributed by atoms with Crippen molar-refractivity contribution in [2.75, 3.05) is 0 Å². The first-order valence-corrected chi connectivity index (χ1v) is 6.22. The highest BCUT2D eigenvalue weighted by molar-refractivity contribution is 6.42. The van der Waals surface area contributed by atoms with Crippen LogP contribution in [0.15, 0.2) is 30.4 Å². The highest BCUT2D eigenvalue weighted by atomic mass is 35.5. The van der Waals surface area contributed by atoms with Gasteiger partial charge < -0.3 is 5.11 Å². The second-order valence-corrected chi connectivity index (χ2v) is 4.98. The lowest BCUT2D eigenvalue weighted by Crippen LogP contribution is -2.13. The first kappa shape index (κ1) is 12.0. The van der Waals surface area contributed by atoms with Gasteiger partial charge in [-0.3, -0.25) is 0 Å². The molecule has 0 amide bonds. The number of rotatable bonds is 2. The Kier molecular flexibility index (Phi) is 3.91. The van der Waals surface area contributed by atoms with Crippen molar-refractivity contribution in [3.05, 3.63) is 46.0 Å². The monoisotopic (exact) mass is 256 g/mol. The van der Waals surface area contributed by atoms with E-state index >= 15 is 0 Å². The summed E-state index contributed by atoms with van der Waals surface area (Å²) in [5, 5.41) is 11.3. The quantitative estimate of drug-likeness (QED) is 0.779. The molecule has 1 aromatic carbocycles. The maximum Gasteiger partial charge on any atom is 0.0821 e. The highest BCUT2D eigenvalue weighted by Gasteiger charge is 2.21. The molecule has 1 aliphatic rings. The van der Waals surface area contributed by atoms with Crippen LogP contribution in [0.4, 0.5) is 0 Å². The van der Waals surface area contributed by atoms with E-state index in [1.165, 1.54) is 0 Å². The third-order valence-corrected chi connectivity index (χ3v) is 3.78. The summed E-state index contributed by atoms with van der Waals surface area (Å²) in [6.45, 7) is 0. The smallest absolute Gasteiger partial charge is 0.0821 e. The fourth-order valence-electron chi connectivity index (χ4n) is 2.07. The Morgan fingerprint density at radius 1 is 1.19 bits per heavy atom. The molecule has 1 aliphatic carbocycles. The molecule has 2 unspecified atom stereocenters. The average Bonchev–Trinajstić information content (AvgIpc) is 2.33. The van der Waals surface area contributed by atoms with E-state index in [1.807, 2.05) is 6.07 Å². The lowest BCUT2D eigenvalue weighted by atomic mass is 9.86. The second kappa shape index (κ2) is 5.22. The van der Waals surface area contributed by atoms with Gasteiger partial charge in [-0.15, -0.1) is 0 Å². The van der Waals surface area contributed by atoms with Crippen LogP contribution < -0.4 is 0 Å². The highest BCUT2D eigenvalue weighted by Crippen LogP contribution is 2.34. The molecule has 1 aromatic rings. The molecule has 0 saturated heterocycles. The van der Waals surface area contributed by atoms with Crippen LogP contribution in [0.25, 0.3) is 0 Å². The summed E-state index contributed by atoms with van der Waals surface area (Å²) in [6.07, 6.45) is 6.86. The molecular formula is C13H14Cl2O. The zero-order valence-corrected chi connectivity index (χ0v) is 10.4. The van der Waals surface area contributed by atoms with Crippen LogP contribution in [0, 0.1) is 5.92 Å². The van der Waals surface area contributed by atoms with E-state index in [2.05, 4.69) is 12.2 Å². The van der Waals surface area contributed by atoms with E-state index in [0.717, 1.165) is 24.8 Å². The standard InChI is InChI=1S/C13H14Cl2O/c14-11-7-6-10(8-12(11)15)13(16)9-4-2-1-3-5-9/h1-2,6-9,13,16H,3-5H2. The second-order valence-electron chi connectivity index (χ2n) is 4.16. The predicted molar refractivity (Wildman–Crippen MR) is 67.9 cm³/mol. The predicted octanol–water partition coefficient (Wildman–Crippen LogP) is 4.38. The molecule has 2 rings (SSSR count). The van der Waals surface area contributed by atoms with Gasteiger partial charge in [-0.05, 0) is 42.9 Å². The summed E-state index contributed by atoms with van der Waals surface area (Å²) in [6, 6.07) is 5.34. The Balaban J connectivity index is 2.16. The van der Waals surface area contributed by atoms with E-state index in [1.54, 1.807) is 12.1 Å². The number of hydrogen-bond acceptors (Lipinski definition) is 1. The van der Waals surface area contributed by atoms with E-state index in [9.17, 15) is 5.11 Å². The minimum atomic E-state index is -0.445. The van der Waals surface area contributed by atoms with Crippen LogP contribution in [-0.2, 0) is 0 Å². The van der Waals surface area contributed by atoms with Crippen molar-refractivity contribution in [3.8, 4) is 0 Å². The van der Waals surface area contributed by atoms with Crippen LogP contribution in [0.5, 0.6) is 0 Å². The van der Waals surface area contributed by atoms with Crippen LogP contribution in [0.2, 0.25) is 10.0 Å². The van der Waals surface area contributed by atoms with E-state index in [0.29, 0.717) is 16.0 Å². The minimum absolute atomic E-state index is 0.294. The normalized spacial score (nSPS) is 22.1. The third-order valence-electron chi connectivity index (χ3n) is 3.04. The molecule has 0 fully saturated rings. The third kappa shape index (κ3) is 2.60. The summed E-state index contributed by atoms with van der Waals surface area (Å²) < 4.78 is 0. The Morgan fingerprint density at radius 2 is 2.00 bits per heavy atom. The molecule has 86 valence electrons. The summed E-state index contributed by atoms with van der Waals surface area (Å²) in [4.78, 5) is 0. The molecule has 0 saturated carbocycles. The molecule has 2 atom stereocenters. The van der Waals surface area contributed by atoms with Gasteiger partial charge in [-0.1, -0.05) is 41.4 Å². The van der Waals surface area contributed by atoms with Crippen molar-refractivity contribution in [2.45, 2.75) is 25.4 Å². The van der Waals surface area contributed by atoms with Gasteiger partial charge in [-0.25, -0.2) is 0 Å². The van der Waals surface area contributed by atoms with Crippen molar-refractivity contribution in [1.82, 2.24) is 0 Å². The zero-order chi connectivity index (χ0) is 11.5. The molecule has 0 spiro atoms. The van der Waals surface area contributed by atoms with Gasteiger partial charge in [0.1, 0.15) is 0 Å². The van der Waals surface area contributed by atoms with Crippen molar-refractivity contribution < 1.29 is 5.11 Å². The topological polar surface area (TPSA) is 20.2 Å². The number of benzene rings is 1. The molecule has 1 N–H and O–H groups in total. The van der Waals surface area contributed by atoms with Crippen molar-refractivity contribution in [1.29, 1.82) is 0 Å². The number of hydrogen-bond donors (Lipinski definition) is 1. The van der Waals surface area contributed by atoms with Gasteiger partial charge in [0.05, 0.1) is 16.1 Å². The lowest BCUT2D eigenvalue weighted by molar-refractivity contribution is 0.102. The molecule has 1 nitrogen and oxygen atoms in total. The fraction of sp³-hybridized carbons (Fsp3) is 0.385. The van der Waals surface area contributed by atoms with Crippen LogP contribution in [0.3, 0.4) is 0 Å². The first-order chi connectivity index (χ1) is 7.68. The molecule has 0 aliphatic heterocycles. The summed E-state index contributed by atoms with van der Waals surface area (Å²) in [7, 11) is 0. The maximum atomic E-state index is 10.2. The molecule has 0 aromatic heterocycles. The number of aliphatic hydroxyl groups excluding tert-OH is 1. The van der Waals surface area contributed by atoms with E-state index in [4.69, 9.17) is 23.2 Å². The van der Waals surface area contributed by atoms with Gasteiger partial charge in [0, 0.05) is 0 Å². The Bertz CT molecular complexity index is 401. The average molecular weight is 257 g/mol. The first-order valence-electron chi connectivity index (χ1n) is 5.46. The van der Waals surface area contributed by atoms with Crippen LogP contribution in [-0.4, -0.2) is 5.11 Å². The molecule has 16 heavy (non-hydrogen) atoms. The molecule has 0 heterocycles. The molecule has 0 bridgehead atoms. The van der Waals surface area contributed by atoms with Gasteiger partial charge in [0.25, 0.3) is 0 Å². The lowest BCUT2D eigenvalue weighted by Gasteiger charge is -2.24. The van der Waals surface area contributed by atoms with Gasteiger partial charge >= 0.3 is 0 Å². The summed E-state index contributed by atoms with van der Waals surface area (Å²) in [5.41, 5.74) is 0.856. The zero-order valence-electron chi connectivity index (χ0n) is 8.87. The van der Waals surface area contributed by atoms with Crippen molar-refractivity contribution in [3.63, 3.8) is 0 Å². The number of aliphatic hydroxyl groups is 1. The van der Waals surface area contributed by atoms with Crippen molar-refractivity contribution >= 4 is 23.2 Å². The Hall–Kier alpha value is -0.500.